The number of ether oxygens (including phenoxy) is 1. The van der Waals surface area contributed by atoms with Crippen LogP contribution in [0.1, 0.15) is 33.1 Å². The van der Waals surface area contributed by atoms with Crippen LogP contribution in [-0.2, 0) is 19.6 Å². The second kappa shape index (κ2) is 4.52. The summed E-state index contributed by atoms with van der Waals surface area (Å²) in [6.07, 6.45) is 2.27. The van der Waals surface area contributed by atoms with Crippen molar-refractivity contribution in [3.63, 3.8) is 0 Å². The molecule has 2 unspecified atom stereocenters. The minimum atomic E-state index is -3.38. The van der Waals surface area contributed by atoms with Gasteiger partial charge in [-0.15, -0.1) is 0 Å². The van der Waals surface area contributed by atoms with Gasteiger partial charge in [-0.25, -0.2) is 8.42 Å². The number of Topliss-reactive ketones (excluding diaryl/α,β-unsaturated/α-hetero) is 1. The maximum atomic E-state index is 12.7. The number of ketones is 1. The Balaban J connectivity index is 1.88. The lowest BCUT2D eigenvalue weighted by Crippen LogP contribution is -2.49. The molecule has 3 aliphatic rings. The molecule has 0 aromatic heterocycles. The highest BCUT2D eigenvalue weighted by Crippen LogP contribution is 2.64. The monoisotopic (exact) mass is 301 g/mol. The van der Waals surface area contributed by atoms with E-state index in [4.69, 9.17) is 4.74 Å². The lowest BCUT2D eigenvalue weighted by molar-refractivity contribution is -0.128. The molecule has 1 saturated heterocycles. The normalized spacial score (nSPS) is 37.5. The first kappa shape index (κ1) is 14.5. The largest absolute Gasteiger partial charge is 0.379 e. The summed E-state index contributed by atoms with van der Waals surface area (Å²) in [6.45, 7) is 5.88. The number of hydrogen-bond acceptors (Lipinski definition) is 4. The van der Waals surface area contributed by atoms with E-state index in [1.165, 1.54) is 4.31 Å². The molecular formula is C14H23NO4S. The molecule has 114 valence electrons. The summed E-state index contributed by atoms with van der Waals surface area (Å²) in [6, 6.07) is 0. The van der Waals surface area contributed by atoms with Gasteiger partial charge in [0.1, 0.15) is 5.78 Å². The first-order chi connectivity index (χ1) is 9.30. The maximum Gasteiger partial charge on any atom is 0.215 e. The van der Waals surface area contributed by atoms with Gasteiger partial charge in [0.2, 0.25) is 10.0 Å². The first-order valence-electron chi connectivity index (χ1n) is 7.38. The number of rotatable bonds is 3. The molecule has 0 amide bonds. The van der Waals surface area contributed by atoms with E-state index in [2.05, 4.69) is 13.8 Å². The summed E-state index contributed by atoms with van der Waals surface area (Å²) in [7, 11) is -3.38. The van der Waals surface area contributed by atoms with Crippen LogP contribution in [0.25, 0.3) is 0 Å². The fourth-order valence-corrected chi connectivity index (χ4v) is 6.52. The van der Waals surface area contributed by atoms with E-state index in [0.29, 0.717) is 38.6 Å². The number of nitrogens with zero attached hydrogens (tertiary/aromatic N) is 1. The standard InChI is InChI=1S/C14H23NO4S/c1-13(2)11-3-4-14(13,12(16)9-11)10-20(17,18)15-5-7-19-8-6-15/h11H,3-10H2,1-2H3. The van der Waals surface area contributed by atoms with E-state index in [-0.39, 0.29) is 17.0 Å². The molecule has 0 aromatic rings. The highest BCUT2D eigenvalue weighted by Gasteiger charge is 2.65. The number of morpholine rings is 1. The SMILES string of the molecule is CC1(C)C2CCC1(CS(=O)(=O)N1CCOCC1)C(=O)C2. The van der Waals surface area contributed by atoms with Gasteiger partial charge < -0.3 is 4.74 Å². The zero-order valence-corrected chi connectivity index (χ0v) is 13.0. The Morgan fingerprint density at radius 3 is 2.45 bits per heavy atom. The highest BCUT2D eigenvalue weighted by molar-refractivity contribution is 7.89. The van der Waals surface area contributed by atoms with Crippen molar-refractivity contribution in [2.45, 2.75) is 33.1 Å². The molecule has 2 bridgehead atoms. The molecule has 0 spiro atoms. The molecule has 2 saturated carbocycles. The Kier molecular flexibility index (Phi) is 3.27. The van der Waals surface area contributed by atoms with Crippen molar-refractivity contribution < 1.29 is 17.9 Å². The van der Waals surface area contributed by atoms with E-state index >= 15 is 0 Å². The van der Waals surface area contributed by atoms with Crippen LogP contribution in [0.4, 0.5) is 0 Å². The smallest absolute Gasteiger partial charge is 0.215 e. The average molecular weight is 301 g/mol. The number of fused-ring (bicyclic) bond motifs is 2. The van der Waals surface area contributed by atoms with E-state index in [9.17, 15) is 13.2 Å². The summed E-state index contributed by atoms with van der Waals surface area (Å²) in [5.41, 5.74) is -0.849. The van der Waals surface area contributed by atoms with Gasteiger partial charge in [0, 0.05) is 24.9 Å². The van der Waals surface area contributed by atoms with E-state index in [1.807, 2.05) is 0 Å². The average Bonchev–Trinajstić information content (AvgIpc) is 2.73. The summed E-state index contributed by atoms with van der Waals surface area (Å²) >= 11 is 0. The van der Waals surface area contributed by atoms with Crippen molar-refractivity contribution in [3.8, 4) is 0 Å². The van der Waals surface area contributed by atoms with Gasteiger partial charge in [-0.2, -0.15) is 4.31 Å². The Morgan fingerprint density at radius 2 is 1.95 bits per heavy atom. The molecule has 1 heterocycles. The van der Waals surface area contributed by atoms with Gasteiger partial charge in [0.25, 0.3) is 0 Å². The second-order valence-corrected chi connectivity index (χ2v) is 8.90. The summed E-state index contributed by atoms with van der Waals surface area (Å²) in [4.78, 5) is 12.4. The van der Waals surface area contributed by atoms with Gasteiger partial charge in [-0.05, 0) is 24.2 Å². The molecule has 0 radical (unpaired) electrons. The lowest BCUT2D eigenvalue weighted by atomic mass is 9.70. The van der Waals surface area contributed by atoms with Crippen molar-refractivity contribution in [2.75, 3.05) is 32.1 Å². The van der Waals surface area contributed by atoms with Crippen molar-refractivity contribution >= 4 is 15.8 Å². The van der Waals surface area contributed by atoms with Crippen molar-refractivity contribution in [3.05, 3.63) is 0 Å². The van der Waals surface area contributed by atoms with Crippen LogP contribution in [0.5, 0.6) is 0 Å². The molecule has 2 atom stereocenters. The van der Waals surface area contributed by atoms with E-state index in [0.717, 1.165) is 12.8 Å². The quantitative estimate of drug-likeness (QED) is 0.781. The van der Waals surface area contributed by atoms with Crippen molar-refractivity contribution in [1.82, 2.24) is 4.31 Å². The van der Waals surface area contributed by atoms with Crippen LogP contribution >= 0.6 is 0 Å². The summed E-state index contributed by atoms with van der Waals surface area (Å²) < 4.78 is 32.1. The highest BCUT2D eigenvalue weighted by atomic mass is 32.2. The third kappa shape index (κ3) is 1.88. The number of carbonyl (C=O) groups excluding carboxylic acids is 1. The minimum absolute atomic E-state index is 0.0116. The first-order valence-corrected chi connectivity index (χ1v) is 8.99. The molecule has 3 fully saturated rings. The zero-order valence-electron chi connectivity index (χ0n) is 12.2. The number of sulfonamides is 1. The third-order valence-corrected chi connectivity index (χ3v) is 7.94. The van der Waals surface area contributed by atoms with Crippen molar-refractivity contribution in [1.29, 1.82) is 0 Å². The van der Waals surface area contributed by atoms with Gasteiger partial charge in [-0.1, -0.05) is 13.8 Å². The zero-order chi connectivity index (χ0) is 14.6. The lowest BCUT2D eigenvalue weighted by Gasteiger charge is -2.38. The molecule has 3 rings (SSSR count). The van der Waals surface area contributed by atoms with Crippen LogP contribution < -0.4 is 0 Å². The summed E-state index contributed by atoms with van der Waals surface area (Å²) in [5, 5.41) is 0. The molecule has 20 heavy (non-hydrogen) atoms. The minimum Gasteiger partial charge on any atom is -0.379 e. The fraction of sp³-hybridized carbons (Fsp3) is 0.929. The van der Waals surface area contributed by atoms with Crippen LogP contribution in [0.3, 0.4) is 0 Å². The fourth-order valence-electron chi connectivity index (χ4n) is 4.34. The van der Waals surface area contributed by atoms with Crippen LogP contribution in [0, 0.1) is 16.7 Å². The topological polar surface area (TPSA) is 63.7 Å². The van der Waals surface area contributed by atoms with Gasteiger partial charge >= 0.3 is 0 Å². The molecular weight excluding hydrogens is 278 g/mol. The van der Waals surface area contributed by atoms with Crippen molar-refractivity contribution in [2.24, 2.45) is 16.7 Å². The molecule has 1 aliphatic heterocycles. The molecule has 0 aromatic carbocycles. The predicted octanol–water partition coefficient (Wildman–Crippen LogP) is 1.04. The molecule has 2 aliphatic carbocycles. The maximum absolute atomic E-state index is 12.7. The second-order valence-electron chi connectivity index (χ2n) is 6.93. The van der Waals surface area contributed by atoms with E-state index < -0.39 is 15.4 Å². The molecule has 6 heteroatoms. The Bertz CT molecular complexity index is 521. The van der Waals surface area contributed by atoms with Gasteiger partial charge in [0.15, 0.2) is 0 Å². The number of hydrogen-bond donors (Lipinski definition) is 0. The van der Waals surface area contributed by atoms with Gasteiger partial charge in [0.05, 0.1) is 19.0 Å². The summed E-state index contributed by atoms with van der Waals surface area (Å²) in [5.74, 6) is 0.507. The van der Waals surface area contributed by atoms with Crippen LogP contribution in [0.15, 0.2) is 0 Å². The Morgan fingerprint density at radius 1 is 1.30 bits per heavy atom. The predicted molar refractivity (Wildman–Crippen MR) is 74.7 cm³/mol. The third-order valence-electron chi connectivity index (χ3n) is 5.93. The Labute approximate surface area is 120 Å². The Hall–Kier alpha value is -0.460. The molecule has 5 nitrogen and oxygen atoms in total. The van der Waals surface area contributed by atoms with Crippen LogP contribution in [0.2, 0.25) is 0 Å². The van der Waals surface area contributed by atoms with Gasteiger partial charge in [-0.3, -0.25) is 4.79 Å². The number of carbonyl (C=O) groups is 1. The molecule has 0 N–H and O–H groups in total. The van der Waals surface area contributed by atoms with Crippen LogP contribution in [-0.4, -0.2) is 50.6 Å². The van der Waals surface area contributed by atoms with E-state index in [1.54, 1.807) is 0 Å².